The van der Waals surface area contributed by atoms with Gasteiger partial charge >= 0.3 is 0 Å². The summed E-state index contributed by atoms with van der Waals surface area (Å²) in [6.45, 7) is 0. The first-order chi connectivity index (χ1) is 28.7. The van der Waals surface area contributed by atoms with Crippen LogP contribution < -0.4 is 0 Å². The molecule has 0 fully saturated rings. The number of hydrogen-bond acceptors (Lipinski definition) is 2. The second-order valence-electron chi connectivity index (χ2n) is 15.1. The highest BCUT2D eigenvalue weighted by molar-refractivity contribution is 6.00. The maximum Gasteiger partial charge on any atom is 0.145 e. The lowest BCUT2D eigenvalue weighted by atomic mass is 9.85. The Kier molecular flexibility index (Phi) is 8.29. The van der Waals surface area contributed by atoms with Crippen molar-refractivity contribution in [1.29, 1.82) is 0 Å². The molecular weight excluding hydrogens is 705 g/mol. The minimum atomic E-state index is 0.249. The van der Waals surface area contributed by atoms with Crippen LogP contribution in [0.15, 0.2) is 211 Å². The van der Waals surface area contributed by atoms with Crippen molar-refractivity contribution in [2.45, 2.75) is 12.3 Å². The van der Waals surface area contributed by atoms with Crippen molar-refractivity contribution in [2.24, 2.45) is 0 Å². The van der Waals surface area contributed by atoms with Crippen molar-refractivity contribution >= 4 is 28.1 Å². The molecule has 3 heteroatoms. The van der Waals surface area contributed by atoms with Crippen molar-refractivity contribution in [3.63, 3.8) is 0 Å². The number of benzene rings is 8. The summed E-state index contributed by atoms with van der Waals surface area (Å²) in [5.74, 6) is 2.11. The van der Waals surface area contributed by atoms with Crippen molar-refractivity contribution in [3.8, 4) is 61.6 Å². The molecule has 0 N–H and O–H groups in total. The lowest BCUT2D eigenvalue weighted by molar-refractivity contribution is 0.592. The molecule has 0 saturated carbocycles. The van der Waals surface area contributed by atoms with Crippen LogP contribution >= 0.6 is 0 Å². The standard InChI is InChI=1S/C55H38N2O/c1-4-12-37(13-5-1)39-20-24-41(25-21-39)45-32-33-53-49(34-45)50-36-46(42-26-22-40(23-27-42)38-14-6-2-7-15-38)35-48(54(50)58-53)43-28-30-44(31-29-43)55-56-51-18-10-11-19-52(51)57(55)47-16-8-3-9-17-47/h1-33,35-36,45H,34H2. The monoisotopic (exact) mass is 742 g/mol. The molecule has 2 aromatic heterocycles. The van der Waals surface area contributed by atoms with Crippen LogP contribution in [0.5, 0.6) is 0 Å². The van der Waals surface area contributed by atoms with Gasteiger partial charge in [-0.25, -0.2) is 4.98 Å². The van der Waals surface area contributed by atoms with Crippen molar-refractivity contribution in [2.75, 3.05) is 0 Å². The van der Waals surface area contributed by atoms with E-state index in [4.69, 9.17) is 9.40 Å². The maximum atomic E-state index is 6.83. The minimum absolute atomic E-state index is 0.249. The lowest BCUT2D eigenvalue weighted by Gasteiger charge is -2.17. The van der Waals surface area contributed by atoms with E-state index >= 15 is 0 Å². The number of allylic oxidation sites excluding steroid dienone is 1. The van der Waals surface area contributed by atoms with E-state index in [2.05, 4.69) is 211 Å². The first-order valence-electron chi connectivity index (χ1n) is 20.0. The van der Waals surface area contributed by atoms with E-state index in [0.29, 0.717) is 0 Å². The molecule has 3 nitrogen and oxygen atoms in total. The fraction of sp³-hybridized carbons (Fsp3) is 0.0364. The zero-order valence-electron chi connectivity index (χ0n) is 31.8. The number of fused-ring (bicyclic) bond motifs is 4. The summed E-state index contributed by atoms with van der Waals surface area (Å²) in [4.78, 5) is 5.13. The first kappa shape index (κ1) is 33.8. The zero-order valence-corrected chi connectivity index (χ0v) is 31.8. The fourth-order valence-corrected chi connectivity index (χ4v) is 8.61. The van der Waals surface area contributed by atoms with Gasteiger partial charge in [0.1, 0.15) is 17.2 Å². The molecule has 0 bridgehead atoms. The summed E-state index contributed by atoms with van der Waals surface area (Å²) in [7, 11) is 0. The third-order valence-corrected chi connectivity index (χ3v) is 11.6. The number of rotatable bonds is 7. The van der Waals surface area contributed by atoms with Gasteiger partial charge in [0.25, 0.3) is 0 Å². The quantitative estimate of drug-likeness (QED) is 0.163. The van der Waals surface area contributed by atoms with Gasteiger partial charge in [0.15, 0.2) is 0 Å². The summed E-state index contributed by atoms with van der Waals surface area (Å²) < 4.78 is 9.08. The third kappa shape index (κ3) is 6.05. The van der Waals surface area contributed by atoms with Gasteiger partial charge in [-0.15, -0.1) is 0 Å². The molecule has 0 aliphatic heterocycles. The predicted octanol–water partition coefficient (Wildman–Crippen LogP) is 14.5. The van der Waals surface area contributed by atoms with Crippen LogP contribution in [0.1, 0.15) is 22.8 Å². The molecule has 11 rings (SSSR count). The molecule has 0 saturated heterocycles. The van der Waals surface area contributed by atoms with E-state index in [0.717, 1.165) is 57.0 Å². The van der Waals surface area contributed by atoms with Crippen molar-refractivity contribution < 1.29 is 4.42 Å². The Balaban J connectivity index is 1.01. The Bertz CT molecular complexity index is 3080. The van der Waals surface area contributed by atoms with Gasteiger partial charge in [0.05, 0.1) is 11.0 Å². The molecule has 1 atom stereocenters. The normalized spacial score (nSPS) is 13.6. The summed E-state index contributed by atoms with van der Waals surface area (Å²) in [6, 6.07) is 71.4. The van der Waals surface area contributed by atoms with Gasteiger partial charge in [0.2, 0.25) is 0 Å². The number of nitrogens with zero attached hydrogens (tertiary/aromatic N) is 2. The average Bonchev–Trinajstić information content (AvgIpc) is 3.88. The Morgan fingerprint density at radius 1 is 0.483 bits per heavy atom. The highest BCUT2D eigenvalue weighted by Gasteiger charge is 2.25. The van der Waals surface area contributed by atoms with Gasteiger partial charge < -0.3 is 4.42 Å². The second-order valence-corrected chi connectivity index (χ2v) is 15.1. The summed E-state index contributed by atoms with van der Waals surface area (Å²) in [6.07, 6.45) is 5.36. The van der Waals surface area contributed by atoms with Crippen LogP contribution in [-0.2, 0) is 6.42 Å². The summed E-state index contributed by atoms with van der Waals surface area (Å²) in [5.41, 5.74) is 17.1. The van der Waals surface area contributed by atoms with Crippen LogP contribution in [-0.4, -0.2) is 9.55 Å². The molecule has 1 aliphatic rings. The van der Waals surface area contributed by atoms with Crippen LogP contribution in [0.25, 0.3) is 89.7 Å². The third-order valence-electron chi connectivity index (χ3n) is 11.6. The maximum absolute atomic E-state index is 6.83. The highest BCUT2D eigenvalue weighted by Crippen LogP contribution is 2.43. The minimum Gasteiger partial charge on any atom is -0.456 e. The van der Waals surface area contributed by atoms with E-state index in [9.17, 15) is 0 Å². The molecule has 1 unspecified atom stereocenters. The summed E-state index contributed by atoms with van der Waals surface area (Å²) in [5, 5.41) is 1.17. The first-order valence-corrected chi connectivity index (χ1v) is 20.0. The number of imidazole rings is 1. The molecular formula is C55H38N2O. The van der Waals surface area contributed by atoms with Crippen LogP contribution in [0, 0.1) is 0 Å². The van der Waals surface area contributed by atoms with Crippen molar-refractivity contribution in [3.05, 3.63) is 223 Å². The highest BCUT2D eigenvalue weighted by atomic mass is 16.3. The Morgan fingerprint density at radius 3 is 1.69 bits per heavy atom. The van der Waals surface area contributed by atoms with E-state index in [1.807, 2.05) is 6.07 Å². The zero-order chi connectivity index (χ0) is 38.4. The van der Waals surface area contributed by atoms with Crippen molar-refractivity contribution in [1.82, 2.24) is 9.55 Å². The smallest absolute Gasteiger partial charge is 0.145 e. The molecule has 0 amide bonds. The predicted molar refractivity (Wildman–Crippen MR) is 240 cm³/mol. The average molecular weight is 743 g/mol. The van der Waals surface area contributed by atoms with Gasteiger partial charge in [-0.2, -0.15) is 0 Å². The molecule has 0 radical (unpaired) electrons. The molecule has 0 spiro atoms. The molecule has 8 aromatic carbocycles. The van der Waals surface area contributed by atoms with Gasteiger partial charge in [-0.05, 0) is 93.4 Å². The van der Waals surface area contributed by atoms with E-state index in [1.54, 1.807) is 0 Å². The number of para-hydroxylation sites is 3. The van der Waals surface area contributed by atoms with Gasteiger partial charge in [0, 0.05) is 33.7 Å². The van der Waals surface area contributed by atoms with E-state index in [1.165, 1.54) is 49.9 Å². The molecule has 274 valence electrons. The van der Waals surface area contributed by atoms with E-state index < -0.39 is 0 Å². The van der Waals surface area contributed by atoms with Gasteiger partial charge in [-0.3, -0.25) is 4.57 Å². The SMILES string of the molecule is C1=CC(c2ccc(-c3ccccc3)cc2)Cc2c1oc1c(-c3ccc(-c4nc5ccccc5n4-c4ccccc4)cc3)cc(-c3ccc(-c4ccccc4)cc3)cc21. The summed E-state index contributed by atoms with van der Waals surface area (Å²) >= 11 is 0. The topological polar surface area (TPSA) is 31.0 Å². The van der Waals surface area contributed by atoms with E-state index in [-0.39, 0.29) is 5.92 Å². The lowest BCUT2D eigenvalue weighted by Crippen LogP contribution is -2.04. The fourth-order valence-electron chi connectivity index (χ4n) is 8.61. The van der Waals surface area contributed by atoms with Crippen LogP contribution in [0.3, 0.4) is 0 Å². The number of furan rings is 1. The largest absolute Gasteiger partial charge is 0.456 e. The number of aromatic nitrogens is 2. The number of hydrogen-bond donors (Lipinski definition) is 0. The van der Waals surface area contributed by atoms with Gasteiger partial charge in [-0.1, -0.05) is 170 Å². The molecule has 1 aliphatic carbocycles. The van der Waals surface area contributed by atoms with Crippen LogP contribution in [0.2, 0.25) is 0 Å². The Morgan fingerprint density at radius 2 is 1.02 bits per heavy atom. The Labute approximate surface area is 337 Å². The second kappa shape index (κ2) is 14.2. The molecule has 58 heavy (non-hydrogen) atoms. The Hall–Kier alpha value is -7.49. The molecule has 10 aromatic rings. The van der Waals surface area contributed by atoms with Crippen LogP contribution in [0.4, 0.5) is 0 Å². The molecule has 2 heterocycles.